The number of nitrogens with two attached hydrogens (primary N) is 1. The van der Waals surface area contributed by atoms with Crippen LogP contribution in [0.5, 0.6) is 0 Å². The zero-order chi connectivity index (χ0) is 13.7. The van der Waals surface area contributed by atoms with E-state index in [1.807, 2.05) is 13.0 Å². The standard InChI is InChI=1S/C14H13N3O2S/c1-7-5-6-18-11(7)13-16-14(19-17-13)10-8-3-2-4-9(8)20-12(10)15/h5-6H,2-4,15H2,1H3. The smallest absolute Gasteiger partial charge is 0.261 e. The van der Waals surface area contributed by atoms with Crippen LogP contribution in [0, 0.1) is 6.92 Å². The highest BCUT2D eigenvalue weighted by Gasteiger charge is 2.26. The average molecular weight is 287 g/mol. The molecule has 5 nitrogen and oxygen atoms in total. The highest BCUT2D eigenvalue weighted by Crippen LogP contribution is 2.43. The minimum absolute atomic E-state index is 0.472. The summed E-state index contributed by atoms with van der Waals surface area (Å²) in [5, 5.41) is 4.78. The van der Waals surface area contributed by atoms with Crippen molar-refractivity contribution in [3.63, 3.8) is 0 Å². The molecule has 0 atom stereocenters. The fraction of sp³-hybridized carbons (Fsp3) is 0.286. The van der Waals surface area contributed by atoms with E-state index in [0.717, 1.165) is 29.0 Å². The Morgan fingerprint density at radius 1 is 1.35 bits per heavy atom. The number of furan rings is 1. The van der Waals surface area contributed by atoms with Crippen LogP contribution in [-0.2, 0) is 12.8 Å². The normalized spacial score (nSPS) is 13.8. The molecule has 0 saturated heterocycles. The van der Waals surface area contributed by atoms with Gasteiger partial charge in [0.2, 0.25) is 5.82 Å². The lowest BCUT2D eigenvalue weighted by molar-refractivity contribution is 0.429. The third kappa shape index (κ3) is 1.61. The summed E-state index contributed by atoms with van der Waals surface area (Å²) in [6.45, 7) is 1.95. The molecule has 4 rings (SSSR count). The summed E-state index contributed by atoms with van der Waals surface area (Å²) in [5.74, 6) is 1.61. The zero-order valence-electron chi connectivity index (χ0n) is 11.0. The molecule has 3 aromatic rings. The number of aryl methyl sites for hydroxylation is 2. The molecule has 1 aliphatic carbocycles. The van der Waals surface area contributed by atoms with Crippen molar-refractivity contribution < 1.29 is 8.94 Å². The van der Waals surface area contributed by atoms with E-state index in [9.17, 15) is 0 Å². The van der Waals surface area contributed by atoms with E-state index in [1.54, 1.807) is 17.6 Å². The number of aromatic nitrogens is 2. The van der Waals surface area contributed by atoms with Crippen molar-refractivity contribution >= 4 is 16.3 Å². The van der Waals surface area contributed by atoms with E-state index in [2.05, 4.69) is 10.1 Å². The third-order valence-corrected chi connectivity index (χ3v) is 4.77. The second-order valence-electron chi connectivity index (χ2n) is 4.95. The first-order valence-corrected chi connectivity index (χ1v) is 7.34. The van der Waals surface area contributed by atoms with Gasteiger partial charge in [0.25, 0.3) is 5.89 Å². The second-order valence-corrected chi connectivity index (χ2v) is 6.09. The van der Waals surface area contributed by atoms with Crippen LogP contribution in [0.3, 0.4) is 0 Å². The summed E-state index contributed by atoms with van der Waals surface area (Å²) in [6.07, 6.45) is 4.93. The lowest BCUT2D eigenvalue weighted by atomic mass is 10.1. The topological polar surface area (TPSA) is 78.1 Å². The highest BCUT2D eigenvalue weighted by atomic mass is 32.1. The van der Waals surface area contributed by atoms with Crippen LogP contribution in [0.15, 0.2) is 21.3 Å². The molecule has 0 amide bonds. The number of hydrogen-bond acceptors (Lipinski definition) is 6. The minimum atomic E-state index is 0.472. The first-order chi connectivity index (χ1) is 9.74. The van der Waals surface area contributed by atoms with Gasteiger partial charge in [-0.1, -0.05) is 5.16 Å². The number of nitrogens with zero attached hydrogens (tertiary/aromatic N) is 2. The lowest BCUT2D eigenvalue weighted by Gasteiger charge is -1.96. The molecule has 0 fully saturated rings. The van der Waals surface area contributed by atoms with Gasteiger partial charge in [-0.3, -0.25) is 0 Å². The molecule has 0 aromatic carbocycles. The number of anilines is 1. The monoisotopic (exact) mass is 287 g/mol. The molecular formula is C14H13N3O2S. The van der Waals surface area contributed by atoms with Gasteiger partial charge in [0.1, 0.15) is 0 Å². The molecule has 0 bridgehead atoms. The van der Waals surface area contributed by atoms with Crippen molar-refractivity contribution in [2.24, 2.45) is 0 Å². The second kappa shape index (κ2) is 4.21. The molecule has 3 aromatic heterocycles. The summed E-state index contributed by atoms with van der Waals surface area (Å²) < 4.78 is 10.8. The fourth-order valence-corrected chi connectivity index (χ4v) is 3.83. The summed E-state index contributed by atoms with van der Waals surface area (Å²) in [5.41, 5.74) is 9.29. The maximum Gasteiger partial charge on any atom is 0.261 e. The van der Waals surface area contributed by atoms with Crippen molar-refractivity contribution in [2.75, 3.05) is 5.73 Å². The van der Waals surface area contributed by atoms with Crippen molar-refractivity contribution in [3.05, 3.63) is 28.3 Å². The van der Waals surface area contributed by atoms with E-state index in [-0.39, 0.29) is 0 Å². The molecule has 102 valence electrons. The molecule has 20 heavy (non-hydrogen) atoms. The first kappa shape index (κ1) is 11.7. The van der Waals surface area contributed by atoms with Gasteiger partial charge >= 0.3 is 0 Å². The first-order valence-electron chi connectivity index (χ1n) is 6.52. The Bertz CT molecular complexity index is 784. The van der Waals surface area contributed by atoms with Crippen LogP contribution in [0.2, 0.25) is 0 Å². The molecule has 2 N–H and O–H groups in total. The Hall–Kier alpha value is -2.08. The fourth-order valence-electron chi connectivity index (χ4n) is 2.68. The molecular weight excluding hydrogens is 274 g/mol. The van der Waals surface area contributed by atoms with E-state index >= 15 is 0 Å². The summed E-state index contributed by atoms with van der Waals surface area (Å²) in [6, 6.07) is 1.88. The van der Waals surface area contributed by atoms with Gasteiger partial charge < -0.3 is 14.7 Å². The Morgan fingerprint density at radius 3 is 3.05 bits per heavy atom. The van der Waals surface area contributed by atoms with Crippen LogP contribution in [-0.4, -0.2) is 10.1 Å². The quantitative estimate of drug-likeness (QED) is 0.781. The molecule has 0 unspecified atom stereocenters. The molecule has 1 aliphatic rings. The number of nitrogen functional groups attached to an aromatic ring is 1. The van der Waals surface area contributed by atoms with Gasteiger partial charge in [0, 0.05) is 4.88 Å². The van der Waals surface area contributed by atoms with E-state index in [4.69, 9.17) is 14.7 Å². The summed E-state index contributed by atoms with van der Waals surface area (Å²) in [7, 11) is 0. The minimum Gasteiger partial charge on any atom is -0.461 e. The molecule has 0 spiro atoms. The average Bonchev–Trinajstić information content (AvgIpc) is 3.12. The van der Waals surface area contributed by atoms with E-state index in [0.29, 0.717) is 17.5 Å². The molecule has 0 saturated carbocycles. The predicted molar refractivity (Wildman–Crippen MR) is 76.5 cm³/mol. The van der Waals surface area contributed by atoms with Gasteiger partial charge in [0.05, 0.1) is 16.8 Å². The van der Waals surface area contributed by atoms with E-state index in [1.165, 1.54) is 16.9 Å². The SMILES string of the molecule is Cc1ccoc1-c1noc(-c2c(N)sc3c2CCC3)n1. The van der Waals surface area contributed by atoms with Crippen LogP contribution < -0.4 is 5.73 Å². The maximum absolute atomic E-state index is 6.11. The van der Waals surface area contributed by atoms with Gasteiger partial charge in [-0.25, -0.2) is 0 Å². The summed E-state index contributed by atoms with van der Waals surface area (Å²) in [4.78, 5) is 5.80. The number of fused-ring (bicyclic) bond motifs is 1. The Balaban J connectivity index is 1.81. The van der Waals surface area contributed by atoms with Gasteiger partial charge in [-0.15, -0.1) is 11.3 Å². The largest absolute Gasteiger partial charge is 0.461 e. The van der Waals surface area contributed by atoms with E-state index < -0.39 is 0 Å². The van der Waals surface area contributed by atoms with Crippen molar-refractivity contribution in [2.45, 2.75) is 26.2 Å². The van der Waals surface area contributed by atoms with Gasteiger partial charge in [0.15, 0.2) is 5.76 Å². The molecule has 6 heteroatoms. The maximum atomic E-state index is 6.11. The lowest BCUT2D eigenvalue weighted by Crippen LogP contribution is -1.88. The van der Waals surface area contributed by atoms with Crippen molar-refractivity contribution in [3.8, 4) is 23.0 Å². The summed E-state index contributed by atoms with van der Waals surface area (Å²) >= 11 is 1.63. The highest BCUT2D eigenvalue weighted by molar-refractivity contribution is 7.16. The Morgan fingerprint density at radius 2 is 2.25 bits per heavy atom. The van der Waals surface area contributed by atoms with Crippen molar-refractivity contribution in [1.29, 1.82) is 0 Å². The van der Waals surface area contributed by atoms with Gasteiger partial charge in [-0.05, 0) is 43.4 Å². The molecule has 0 radical (unpaired) electrons. The third-order valence-electron chi connectivity index (χ3n) is 3.65. The molecule has 3 heterocycles. The number of hydrogen-bond donors (Lipinski definition) is 1. The van der Waals surface area contributed by atoms with Gasteiger partial charge in [-0.2, -0.15) is 4.98 Å². The zero-order valence-corrected chi connectivity index (χ0v) is 11.8. The predicted octanol–water partition coefficient (Wildman–Crippen LogP) is 3.44. The Labute approximate surface area is 119 Å². The number of rotatable bonds is 2. The van der Waals surface area contributed by atoms with Crippen LogP contribution in [0.4, 0.5) is 5.00 Å². The number of thiophene rings is 1. The van der Waals surface area contributed by atoms with Crippen LogP contribution >= 0.6 is 11.3 Å². The molecule has 0 aliphatic heterocycles. The Kier molecular flexibility index (Phi) is 2.47. The van der Waals surface area contributed by atoms with Crippen LogP contribution in [0.25, 0.3) is 23.0 Å². The van der Waals surface area contributed by atoms with Crippen LogP contribution in [0.1, 0.15) is 22.4 Å². The van der Waals surface area contributed by atoms with Crippen molar-refractivity contribution in [1.82, 2.24) is 10.1 Å².